The summed E-state index contributed by atoms with van der Waals surface area (Å²) in [6.07, 6.45) is 0. The third-order valence-electron chi connectivity index (χ3n) is 2.53. The van der Waals surface area contributed by atoms with Crippen LogP contribution >= 0.6 is 0 Å². The zero-order valence-corrected chi connectivity index (χ0v) is 8.97. The van der Waals surface area contributed by atoms with Crippen molar-refractivity contribution in [3.8, 4) is 11.3 Å². The minimum Gasteiger partial charge on any atom is -0.475 e. The van der Waals surface area contributed by atoms with Crippen molar-refractivity contribution in [2.45, 2.75) is 0 Å². The molecule has 3 aromatic rings. The highest BCUT2D eigenvalue weighted by Crippen LogP contribution is 2.28. The number of carbonyl (C=O) groups is 1. The summed E-state index contributed by atoms with van der Waals surface area (Å²) in [6.45, 7) is 0. The topological polar surface area (TPSA) is 96.4 Å². The Bertz CT molecular complexity index is 792. The van der Waals surface area contributed by atoms with Crippen LogP contribution in [0.5, 0.6) is 0 Å². The number of para-hydroxylation sites is 1. The molecule has 0 amide bonds. The molecule has 6 heteroatoms. The molecule has 1 aromatic carbocycles. The molecule has 0 fully saturated rings. The SMILES string of the molecule is O=C(O)c1ccc(-c2cccc3[nH]c(=O)oc23)o1. The summed E-state index contributed by atoms with van der Waals surface area (Å²) in [5, 5.41) is 8.79. The summed E-state index contributed by atoms with van der Waals surface area (Å²) >= 11 is 0. The molecule has 2 aromatic heterocycles. The molecule has 0 aliphatic heterocycles. The van der Waals surface area contributed by atoms with Crippen LogP contribution in [0.15, 0.2) is 44.0 Å². The van der Waals surface area contributed by atoms with Crippen LogP contribution in [0.25, 0.3) is 22.4 Å². The lowest BCUT2D eigenvalue weighted by atomic mass is 10.1. The molecule has 0 aliphatic rings. The lowest BCUT2D eigenvalue weighted by molar-refractivity contribution is 0.0663. The first-order valence-corrected chi connectivity index (χ1v) is 5.10. The molecule has 6 nitrogen and oxygen atoms in total. The maximum atomic E-state index is 11.1. The zero-order valence-electron chi connectivity index (χ0n) is 8.97. The number of carboxylic acids is 1. The van der Waals surface area contributed by atoms with E-state index in [0.29, 0.717) is 22.4 Å². The van der Waals surface area contributed by atoms with Crippen LogP contribution in [0.4, 0.5) is 0 Å². The van der Waals surface area contributed by atoms with Crippen LogP contribution in [-0.4, -0.2) is 16.1 Å². The number of hydrogen-bond acceptors (Lipinski definition) is 4. The summed E-state index contributed by atoms with van der Waals surface area (Å²) in [6, 6.07) is 7.95. The predicted molar refractivity (Wildman–Crippen MR) is 61.5 cm³/mol. The molecule has 0 radical (unpaired) electrons. The van der Waals surface area contributed by atoms with Gasteiger partial charge in [0, 0.05) is 0 Å². The second-order valence-corrected chi connectivity index (χ2v) is 3.67. The van der Waals surface area contributed by atoms with Crippen LogP contribution in [0.3, 0.4) is 0 Å². The van der Waals surface area contributed by atoms with Crippen molar-refractivity contribution in [1.82, 2.24) is 4.98 Å². The lowest BCUT2D eigenvalue weighted by Gasteiger charge is -1.96. The second kappa shape index (κ2) is 3.63. The Hall–Kier alpha value is -2.76. The number of nitrogens with one attached hydrogen (secondary N) is 1. The van der Waals surface area contributed by atoms with E-state index in [9.17, 15) is 9.59 Å². The summed E-state index contributed by atoms with van der Waals surface area (Å²) < 4.78 is 10.2. The van der Waals surface area contributed by atoms with Crippen molar-refractivity contribution in [2.24, 2.45) is 0 Å². The number of aromatic carboxylic acids is 1. The van der Waals surface area contributed by atoms with Crippen molar-refractivity contribution in [1.29, 1.82) is 0 Å². The average molecular weight is 245 g/mol. The van der Waals surface area contributed by atoms with E-state index in [0.717, 1.165) is 0 Å². The van der Waals surface area contributed by atoms with Gasteiger partial charge in [-0.05, 0) is 24.3 Å². The highest BCUT2D eigenvalue weighted by Gasteiger charge is 2.14. The minimum absolute atomic E-state index is 0.167. The number of fused-ring (bicyclic) bond motifs is 1. The van der Waals surface area contributed by atoms with Crippen LogP contribution < -0.4 is 5.76 Å². The Balaban J connectivity index is 2.24. The summed E-state index contributed by atoms with van der Waals surface area (Å²) in [5.74, 6) is -1.55. The zero-order chi connectivity index (χ0) is 12.7. The molecular formula is C12H7NO5. The number of benzene rings is 1. The summed E-state index contributed by atoms with van der Waals surface area (Å²) in [4.78, 5) is 24.4. The minimum atomic E-state index is -1.15. The molecule has 0 aliphatic carbocycles. The standard InChI is InChI=1S/C12H7NO5/c14-11(15)9-5-4-8(17-9)6-2-1-3-7-10(6)18-12(16)13-7/h1-5H,(H,13,16)(H,14,15). The molecule has 0 unspecified atom stereocenters. The third kappa shape index (κ3) is 1.51. The van der Waals surface area contributed by atoms with Crippen molar-refractivity contribution < 1.29 is 18.7 Å². The van der Waals surface area contributed by atoms with Gasteiger partial charge in [-0.3, -0.25) is 4.98 Å². The van der Waals surface area contributed by atoms with Crippen LogP contribution in [0, 0.1) is 0 Å². The van der Waals surface area contributed by atoms with Crippen molar-refractivity contribution in [2.75, 3.05) is 0 Å². The molecule has 2 heterocycles. The van der Waals surface area contributed by atoms with E-state index in [1.54, 1.807) is 18.2 Å². The number of furan rings is 1. The smallest absolute Gasteiger partial charge is 0.417 e. The van der Waals surface area contributed by atoms with E-state index in [1.165, 1.54) is 12.1 Å². The Labute approximate surface area is 99.5 Å². The number of hydrogen-bond donors (Lipinski definition) is 2. The monoisotopic (exact) mass is 245 g/mol. The normalized spacial score (nSPS) is 10.9. The van der Waals surface area contributed by atoms with Crippen molar-refractivity contribution in [3.05, 3.63) is 46.6 Å². The largest absolute Gasteiger partial charge is 0.475 e. The van der Waals surface area contributed by atoms with Gasteiger partial charge in [-0.25, -0.2) is 9.59 Å². The van der Waals surface area contributed by atoms with Crippen molar-refractivity contribution in [3.63, 3.8) is 0 Å². The van der Waals surface area contributed by atoms with Gasteiger partial charge < -0.3 is 13.9 Å². The molecule has 0 saturated heterocycles. The first kappa shape index (κ1) is 10.4. The second-order valence-electron chi connectivity index (χ2n) is 3.67. The summed E-state index contributed by atoms with van der Waals surface area (Å²) in [7, 11) is 0. The van der Waals surface area contributed by atoms with E-state index < -0.39 is 11.7 Å². The molecule has 0 atom stereocenters. The van der Waals surface area contributed by atoms with Gasteiger partial charge in [0.1, 0.15) is 5.76 Å². The van der Waals surface area contributed by atoms with Gasteiger partial charge in [-0.1, -0.05) is 6.07 Å². The number of H-pyrrole nitrogens is 1. The number of rotatable bonds is 2. The van der Waals surface area contributed by atoms with Crippen LogP contribution in [0.1, 0.15) is 10.6 Å². The molecular weight excluding hydrogens is 238 g/mol. The van der Waals surface area contributed by atoms with E-state index >= 15 is 0 Å². The number of carboxylic acid groups (broad SMARTS) is 1. The number of aromatic amines is 1. The maximum absolute atomic E-state index is 11.1. The fourth-order valence-corrected chi connectivity index (χ4v) is 1.77. The first-order chi connectivity index (χ1) is 8.65. The Kier molecular flexibility index (Phi) is 2.09. The molecule has 3 rings (SSSR count). The number of aromatic nitrogens is 1. The molecule has 0 bridgehead atoms. The Morgan fingerprint density at radius 2 is 2.00 bits per heavy atom. The van der Waals surface area contributed by atoms with Gasteiger partial charge in [0.25, 0.3) is 0 Å². The van der Waals surface area contributed by atoms with Gasteiger partial charge in [-0.2, -0.15) is 0 Å². The van der Waals surface area contributed by atoms with E-state index in [4.69, 9.17) is 13.9 Å². The highest BCUT2D eigenvalue weighted by molar-refractivity contribution is 5.90. The van der Waals surface area contributed by atoms with Crippen LogP contribution in [-0.2, 0) is 0 Å². The van der Waals surface area contributed by atoms with Crippen molar-refractivity contribution >= 4 is 17.1 Å². The van der Waals surface area contributed by atoms with E-state index in [-0.39, 0.29) is 5.76 Å². The summed E-state index contributed by atoms with van der Waals surface area (Å²) in [5.41, 5.74) is 1.40. The van der Waals surface area contributed by atoms with E-state index in [1.807, 2.05) is 0 Å². The molecule has 0 spiro atoms. The van der Waals surface area contributed by atoms with Crippen LogP contribution in [0.2, 0.25) is 0 Å². The van der Waals surface area contributed by atoms with Gasteiger partial charge >= 0.3 is 11.7 Å². The average Bonchev–Trinajstić information content (AvgIpc) is 2.92. The third-order valence-corrected chi connectivity index (χ3v) is 2.53. The Morgan fingerprint density at radius 1 is 1.17 bits per heavy atom. The van der Waals surface area contributed by atoms with Gasteiger partial charge in [-0.15, -0.1) is 0 Å². The maximum Gasteiger partial charge on any atom is 0.417 e. The highest BCUT2D eigenvalue weighted by atomic mass is 16.4. The molecule has 0 saturated carbocycles. The molecule has 18 heavy (non-hydrogen) atoms. The predicted octanol–water partition coefficient (Wildman–Crippen LogP) is 2.08. The fourth-order valence-electron chi connectivity index (χ4n) is 1.77. The van der Waals surface area contributed by atoms with Gasteiger partial charge in [0.15, 0.2) is 5.58 Å². The lowest BCUT2D eigenvalue weighted by Crippen LogP contribution is -1.92. The van der Waals surface area contributed by atoms with E-state index in [2.05, 4.69) is 4.98 Å². The quantitative estimate of drug-likeness (QED) is 0.720. The fraction of sp³-hybridized carbons (Fsp3) is 0. The Morgan fingerprint density at radius 3 is 2.72 bits per heavy atom. The van der Waals surface area contributed by atoms with Gasteiger partial charge in [0.05, 0.1) is 11.1 Å². The molecule has 2 N–H and O–H groups in total. The first-order valence-electron chi connectivity index (χ1n) is 5.10. The van der Waals surface area contributed by atoms with Gasteiger partial charge in [0.2, 0.25) is 5.76 Å². The molecule has 90 valence electrons. The number of oxazole rings is 1.